The molecule has 0 radical (unpaired) electrons. The summed E-state index contributed by atoms with van der Waals surface area (Å²) in [6.07, 6.45) is 3.71. The molecule has 0 aliphatic heterocycles. The Labute approximate surface area is 157 Å². The predicted octanol–water partition coefficient (Wildman–Crippen LogP) is 2.18. The van der Waals surface area contributed by atoms with Gasteiger partial charge in [-0.2, -0.15) is 5.26 Å². The van der Waals surface area contributed by atoms with Crippen molar-refractivity contribution >= 4 is 22.5 Å². The van der Waals surface area contributed by atoms with Gasteiger partial charge in [-0.25, -0.2) is 4.68 Å². The quantitative estimate of drug-likeness (QED) is 0.691. The van der Waals surface area contributed by atoms with Crippen LogP contribution in [-0.2, 0) is 17.9 Å². The first-order valence-corrected chi connectivity index (χ1v) is 8.84. The minimum Gasteiger partial charge on any atom is -0.366 e. The van der Waals surface area contributed by atoms with Crippen molar-refractivity contribution in [2.45, 2.75) is 26.9 Å². The fourth-order valence-corrected chi connectivity index (χ4v) is 2.88. The second-order valence-electron chi connectivity index (χ2n) is 6.03. The molecule has 1 N–H and O–H groups in total. The highest BCUT2D eigenvalue weighted by molar-refractivity contribution is 5.91. The lowest BCUT2D eigenvalue weighted by atomic mass is 10.1. The molecule has 3 aromatic rings. The molecule has 0 saturated carbocycles. The van der Waals surface area contributed by atoms with Gasteiger partial charge >= 0.3 is 0 Å². The number of likely N-dealkylation sites (N-methyl/N-ethyl adjacent to an activating group) is 1. The largest absolute Gasteiger partial charge is 0.366 e. The van der Waals surface area contributed by atoms with E-state index in [4.69, 9.17) is 5.26 Å². The molecule has 0 atom stereocenters. The lowest BCUT2D eigenvalue weighted by Crippen LogP contribution is -2.31. The molecule has 0 aliphatic carbocycles. The number of benzene rings is 1. The fourth-order valence-electron chi connectivity index (χ4n) is 2.88. The third kappa shape index (κ3) is 4.20. The summed E-state index contributed by atoms with van der Waals surface area (Å²) in [5, 5.41) is 21.4. The van der Waals surface area contributed by atoms with E-state index >= 15 is 0 Å². The topological polar surface area (TPSA) is 99.7 Å². The molecule has 8 heteroatoms. The molecule has 3 rings (SSSR count). The van der Waals surface area contributed by atoms with Crippen molar-refractivity contribution in [3.63, 3.8) is 0 Å². The summed E-state index contributed by atoms with van der Waals surface area (Å²) in [6, 6.07) is 9.38. The number of aromatic nitrogens is 4. The monoisotopic (exact) mass is 363 g/mol. The molecule has 8 nitrogen and oxygen atoms in total. The number of fused-ring (bicyclic) bond motifs is 1. The molecule has 138 valence electrons. The predicted molar refractivity (Wildman–Crippen MR) is 102 cm³/mol. The van der Waals surface area contributed by atoms with Gasteiger partial charge in [0.25, 0.3) is 0 Å². The van der Waals surface area contributed by atoms with Crippen LogP contribution in [0.1, 0.15) is 25.1 Å². The van der Waals surface area contributed by atoms with Crippen LogP contribution in [0.3, 0.4) is 0 Å². The van der Waals surface area contributed by atoms with Gasteiger partial charge in [0.15, 0.2) is 0 Å². The first kappa shape index (κ1) is 18.3. The minimum absolute atomic E-state index is 0.0495. The molecule has 0 saturated heterocycles. The Morgan fingerprint density at radius 2 is 2.11 bits per heavy atom. The first-order valence-electron chi connectivity index (χ1n) is 8.84. The molecule has 2 aromatic heterocycles. The molecular weight excluding hydrogens is 342 g/mol. The van der Waals surface area contributed by atoms with Gasteiger partial charge in [0.05, 0.1) is 35.5 Å². The summed E-state index contributed by atoms with van der Waals surface area (Å²) < 4.78 is 1.65. The van der Waals surface area contributed by atoms with Crippen molar-refractivity contribution in [1.82, 2.24) is 24.9 Å². The lowest BCUT2D eigenvalue weighted by molar-refractivity contribution is -0.130. The van der Waals surface area contributed by atoms with Gasteiger partial charge in [0.1, 0.15) is 6.67 Å². The Bertz CT molecular complexity index is 985. The van der Waals surface area contributed by atoms with E-state index in [2.05, 4.69) is 26.7 Å². The maximum Gasteiger partial charge on any atom is 0.228 e. The number of hydrogen-bond donors (Lipinski definition) is 1. The molecule has 1 amide bonds. The molecule has 0 aliphatic rings. The van der Waals surface area contributed by atoms with E-state index in [1.807, 2.05) is 26.0 Å². The van der Waals surface area contributed by atoms with Crippen LogP contribution in [0.4, 0.5) is 5.69 Å². The standard InChI is InChI=1S/C19H21N7O/c1-3-25(4-2)19(27)10-15-12-26(24-23-15)13-22-17-7-8-21-18-9-14(11-20)5-6-16(17)18/h5-9,12H,3-4,10,13H2,1-2H3,(H,21,22). The molecule has 0 unspecified atom stereocenters. The number of anilines is 1. The molecular formula is C19H21N7O. The highest BCUT2D eigenvalue weighted by Gasteiger charge is 2.13. The molecule has 0 fully saturated rings. The van der Waals surface area contributed by atoms with E-state index in [0.29, 0.717) is 31.0 Å². The van der Waals surface area contributed by atoms with Crippen LogP contribution in [0.2, 0.25) is 0 Å². The summed E-state index contributed by atoms with van der Waals surface area (Å²) >= 11 is 0. The van der Waals surface area contributed by atoms with Crippen LogP contribution >= 0.6 is 0 Å². The van der Waals surface area contributed by atoms with Gasteiger partial charge in [-0.05, 0) is 38.1 Å². The van der Waals surface area contributed by atoms with Crippen molar-refractivity contribution in [1.29, 1.82) is 5.26 Å². The van der Waals surface area contributed by atoms with Gasteiger partial charge in [0, 0.05) is 30.4 Å². The number of nitrogens with one attached hydrogen (secondary N) is 1. The Hall–Kier alpha value is -3.47. The molecule has 0 spiro atoms. The summed E-state index contributed by atoms with van der Waals surface area (Å²) in [4.78, 5) is 18.2. The number of pyridine rings is 1. The van der Waals surface area contributed by atoms with Crippen molar-refractivity contribution in [2.75, 3.05) is 18.4 Å². The zero-order chi connectivity index (χ0) is 19.2. The number of hydrogen-bond acceptors (Lipinski definition) is 6. The van der Waals surface area contributed by atoms with Gasteiger partial charge in [0.2, 0.25) is 5.91 Å². The second kappa shape index (κ2) is 8.27. The van der Waals surface area contributed by atoms with Gasteiger partial charge in [-0.15, -0.1) is 5.10 Å². The average molecular weight is 363 g/mol. The SMILES string of the molecule is CCN(CC)C(=O)Cc1cn(CNc2ccnc3cc(C#N)ccc23)nn1. The number of carbonyl (C=O) groups excluding carboxylic acids is 1. The lowest BCUT2D eigenvalue weighted by Gasteiger charge is -2.17. The zero-order valence-corrected chi connectivity index (χ0v) is 15.4. The summed E-state index contributed by atoms with van der Waals surface area (Å²) in [5.41, 5.74) is 2.86. The first-order chi connectivity index (χ1) is 13.1. The Kier molecular flexibility index (Phi) is 5.61. The average Bonchev–Trinajstić information content (AvgIpc) is 3.14. The maximum atomic E-state index is 12.2. The molecule has 2 heterocycles. The van der Waals surface area contributed by atoms with E-state index in [-0.39, 0.29) is 12.3 Å². The van der Waals surface area contributed by atoms with Gasteiger partial charge in [-0.1, -0.05) is 5.21 Å². The highest BCUT2D eigenvalue weighted by atomic mass is 16.2. The fraction of sp³-hybridized carbons (Fsp3) is 0.316. The van der Waals surface area contributed by atoms with Crippen LogP contribution in [0.25, 0.3) is 10.9 Å². The third-order valence-corrected chi connectivity index (χ3v) is 4.34. The Morgan fingerprint density at radius 3 is 2.85 bits per heavy atom. The maximum absolute atomic E-state index is 12.2. The minimum atomic E-state index is 0.0495. The van der Waals surface area contributed by atoms with E-state index < -0.39 is 0 Å². The second-order valence-corrected chi connectivity index (χ2v) is 6.03. The van der Waals surface area contributed by atoms with Crippen LogP contribution in [0, 0.1) is 11.3 Å². The van der Waals surface area contributed by atoms with E-state index in [1.165, 1.54) is 0 Å². The van der Waals surface area contributed by atoms with Crippen LogP contribution in [-0.4, -0.2) is 43.9 Å². The van der Waals surface area contributed by atoms with Crippen molar-refractivity contribution < 1.29 is 4.79 Å². The number of nitrogens with zero attached hydrogens (tertiary/aromatic N) is 6. The Balaban J connectivity index is 1.68. The number of carbonyl (C=O) groups is 1. The van der Waals surface area contributed by atoms with Crippen LogP contribution in [0.5, 0.6) is 0 Å². The highest BCUT2D eigenvalue weighted by Crippen LogP contribution is 2.22. The van der Waals surface area contributed by atoms with Crippen molar-refractivity contribution in [2.24, 2.45) is 0 Å². The Morgan fingerprint density at radius 1 is 1.30 bits per heavy atom. The van der Waals surface area contributed by atoms with Crippen molar-refractivity contribution in [3.8, 4) is 6.07 Å². The number of amides is 1. The molecule has 0 bridgehead atoms. The van der Waals surface area contributed by atoms with E-state index in [1.54, 1.807) is 34.1 Å². The normalized spacial score (nSPS) is 10.6. The summed E-state index contributed by atoms with van der Waals surface area (Å²) in [7, 11) is 0. The van der Waals surface area contributed by atoms with Crippen LogP contribution < -0.4 is 5.32 Å². The van der Waals surface area contributed by atoms with Crippen molar-refractivity contribution in [3.05, 3.63) is 47.9 Å². The summed E-state index contributed by atoms with van der Waals surface area (Å²) in [6.45, 7) is 5.70. The summed E-state index contributed by atoms with van der Waals surface area (Å²) in [5.74, 6) is 0.0495. The number of rotatable bonds is 7. The number of nitriles is 1. The zero-order valence-electron chi connectivity index (χ0n) is 15.4. The van der Waals surface area contributed by atoms with E-state index in [9.17, 15) is 4.79 Å². The third-order valence-electron chi connectivity index (χ3n) is 4.34. The molecule has 27 heavy (non-hydrogen) atoms. The van der Waals surface area contributed by atoms with E-state index in [0.717, 1.165) is 16.6 Å². The van der Waals surface area contributed by atoms with Crippen LogP contribution in [0.15, 0.2) is 36.7 Å². The van der Waals surface area contributed by atoms with Gasteiger partial charge in [-0.3, -0.25) is 9.78 Å². The van der Waals surface area contributed by atoms with Gasteiger partial charge < -0.3 is 10.2 Å². The molecule has 1 aromatic carbocycles. The smallest absolute Gasteiger partial charge is 0.228 e.